The van der Waals surface area contributed by atoms with Gasteiger partial charge in [-0.15, -0.1) is 5.10 Å². The predicted molar refractivity (Wildman–Crippen MR) is 84.2 cm³/mol. The largest absolute Gasteiger partial charge is 0.206 e. The lowest BCUT2D eigenvalue weighted by Crippen LogP contribution is -1.95. The molecular formula is C17H25FN2. The molecule has 1 aromatic carbocycles. The molecule has 0 radical (unpaired) electrons. The van der Waals surface area contributed by atoms with Crippen LogP contribution in [-0.2, 0) is 0 Å². The molecule has 110 valence electrons. The average molecular weight is 276 g/mol. The van der Waals surface area contributed by atoms with Crippen LogP contribution in [0.3, 0.4) is 0 Å². The standard InChI is InChI=1S/C12H11FN2.C3H8.C2H6/c1-8-7-9(2)14-15-12(8)10-5-3-4-6-11(10)13;1-3-2;1-2/h3-7H,1-2H3;3H2,1-2H3;1-2H3. The first-order valence-corrected chi connectivity index (χ1v) is 7.16. The summed E-state index contributed by atoms with van der Waals surface area (Å²) >= 11 is 0. The smallest absolute Gasteiger partial charge is 0.132 e. The molecule has 1 heterocycles. The van der Waals surface area contributed by atoms with E-state index in [1.807, 2.05) is 33.8 Å². The Labute approximate surface area is 122 Å². The number of hydrogen-bond acceptors (Lipinski definition) is 2. The SMILES string of the molecule is CC.CCC.Cc1cc(C)c(-c2ccccc2F)nn1. The Hall–Kier alpha value is -1.77. The zero-order valence-corrected chi connectivity index (χ0v) is 13.4. The van der Waals surface area contributed by atoms with Crippen molar-refractivity contribution in [3.63, 3.8) is 0 Å². The topological polar surface area (TPSA) is 25.8 Å². The van der Waals surface area contributed by atoms with E-state index >= 15 is 0 Å². The van der Waals surface area contributed by atoms with Crippen molar-refractivity contribution < 1.29 is 4.39 Å². The molecule has 3 heteroatoms. The summed E-state index contributed by atoms with van der Waals surface area (Å²) in [6.07, 6.45) is 1.25. The molecule has 0 amide bonds. The second-order valence-corrected chi connectivity index (χ2v) is 4.20. The van der Waals surface area contributed by atoms with E-state index in [1.165, 1.54) is 12.5 Å². The Bertz CT molecular complexity index is 510. The van der Waals surface area contributed by atoms with Crippen LogP contribution in [0.5, 0.6) is 0 Å². The van der Waals surface area contributed by atoms with Gasteiger partial charge in [0, 0.05) is 5.56 Å². The van der Waals surface area contributed by atoms with Crippen LogP contribution in [-0.4, -0.2) is 10.2 Å². The maximum Gasteiger partial charge on any atom is 0.132 e. The molecule has 2 rings (SSSR count). The minimum Gasteiger partial charge on any atom is -0.206 e. The van der Waals surface area contributed by atoms with Crippen molar-refractivity contribution in [2.24, 2.45) is 0 Å². The second kappa shape index (κ2) is 10.1. The fourth-order valence-electron chi connectivity index (χ4n) is 1.54. The first-order valence-electron chi connectivity index (χ1n) is 7.16. The van der Waals surface area contributed by atoms with Crippen LogP contribution in [0.25, 0.3) is 11.3 Å². The van der Waals surface area contributed by atoms with E-state index in [9.17, 15) is 4.39 Å². The summed E-state index contributed by atoms with van der Waals surface area (Å²) in [7, 11) is 0. The molecular weight excluding hydrogens is 251 g/mol. The number of rotatable bonds is 1. The highest BCUT2D eigenvalue weighted by Gasteiger charge is 2.08. The van der Waals surface area contributed by atoms with Gasteiger partial charge in [0.05, 0.1) is 11.4 Å². The highest BCUT2D eigenvalue weighted by Crippen LogP contribution is 2.22. The van der Waals surface area contributed by atoms with Crippen molar-refractivity contribution >= 4 is 0 Å². The van der Waals surface area contributed by atoms with Gasteiger partial charge >= 0.3 is 0 Å². The minimum absolute atomic E-state index is 0.265. The van der Waals surface area contributed by atoms with Crippen LogP contribution in [0.1, 0.15) is 45.4 Å². The quantitative estimate of drug-likeness (QED) is 0.702. The van der Waals surface area contributed by atoms with E-state index in [1.54, 1.807) is 18.2 Å². The fraction of sp³-hybridized carbons (Fsp3) is 0.412. The molecule has 0 atom stereocenters. The summed E-state index contributed by atoms with van der Waals surface area (Å²) in [5.74, 6) is -0.265. The summed E-state index contributed by atoms with van der Waals surface area (Å²) in [5.41, 5.74) is 2.89. The molecule has 1 aromatic heterocycles. The predicted octanol–water partition coefficient (Wildman–Crippen LogP) is 5.34. The number of hydrogen-bond donors (Lipinski definition) is 0. The Morgan fingerprint density at radius 1 is 1.00 bits per heavy atom. The molecule has 0 saturated heterocycles. The third-order valence-corrected chi connectivity index (χ3v) is 2.24. The molecule has 0 aliphatic carbocycles. The summed E-state index contributed by atoms with van der Waals surface area (Å²) in [6, 6.07) is 8.49. The van der Waals surface area contributed by atoms with Crippen molar-refractivity contribution in [1.82, 2.24) is 10.2 Å². The van der Waals surface area contributed by atoms with Gasteiger partial charge in [-0.1, -0.05) is 46.2 Å². The van der Waals surface area contributed by atoms with Gasteiger partial charge in [-0.05, 0) is 37.6 Å². The van der Waals surface area contributed by atoms with Crippen molar-refractivity contribution in [2.45, 2.75) is 48.0 Å². The molecule has 0 aliphatic rings. The lowest BCUT2D eigenvalue weighted by Gasteiger charge is -2.05. The number of nitrogens with zero attached hydrogens (tertiary/aromatic N) is 2. The normalized spacial score (nSPS) is 8.95. The molecule has 0 saturated carbocycles. The van der Waals surface area contributed by atoms with Crippen LogP contribution >= 0.6 is 0 Å². The van der Waals surface area contributed by atoms with Crippen LogP contribution in [0, 0.1) is 19.7 Å². The van der Waals surface area contributed by atoms with E-state index in [4.69, 9.17) is 0 Å². The molecule has 0 bridgehead atoms. The molecule has 0 N–H and O–H groups in total. The van der Waals surface area contributed by atoms with Crippen molar-refractivity contribution in [3.05, 3.63) is 47.4 Å². The van der Waals surface area contributed by atoms with E-state index < -0.39 is 0 Å². The number of aryl methyl sites for hydroxylation is 2. The number of aromatic nitrogens is 2. The lowest BCUT2D eigenvalue weighted by molar-refractivity contribution is 0.630. The highest BCUT2D eigenvalue weighted by atomic mass is 19.1. The van der Waals surface area contributed by atoms with Gasteiger partial charge in [-0.25, -0.2) is 4.39 Å². The number of halogens is 1. The monoisotopic (exact) mass is 276 g/mol. The van der Waals surface area contributed by atoms with Crippen molar-refractivity contribution in [2.75, 3.05) is 0 Å². The van der Waals surface area contributed by atoms with Crippen LogP contribution in [0.15, 0.2) is 30.3 Å². The van der Waals surface area contributed by atoms with E-state index in [-0.39, 0.29) is 5.82 Å². The van der Waals surface area contributed by atoms with E-state index in [2.05, 4.69) is 24.0 Å². The van der Waals surface area contributed by atoms with E-state index in [0.717, 1.165) is 11.3 Å². The average Bonchev–Trinajstić information content (AvgIpc) is 2.43. The summed E-state index contributed by atoms with van der Waals surface area (Å²) in [6.45, 7) is 12.0. The third-order valence-electron chi connectivity index (χ3n) is 2.24. The zero-order valence-electron chi connectivity index (χ0n) is 13.4. The first-order chi connectivity index (χ1) is 9.60. The van der Waals surface area contributed by atoms with Crippen molar-refractivity contribution in [3.8, 4) is 11.3 Å². The van der Waals surface area contributed by atoms with Gasteiger partial charge in [-0.2, -0.15) is 5.10 Å². The highest BCUT2D eigenvalue weighted by molar-refractivity contribution is 5.62. The van der Waals surface area contributed by atoms with Crippen LogP contribution in [0.4, 0.5) is 4.39 Å². The molecule has 2 aromatic rings. The summed E-state index contributed by atoms with van der Waals surface area (Å²) < 4.78 is 13.5. The lowest BCUT2D eigenvalue weighted by atomic mass is 10.1. The molecule has 20 heavy (non-hydrogen) atoms. The maximum atomic E-state index is 13.5. The Kier molecular flexibility index (Phi) is 9.18. The summed E-state index contributed by atoms with van der Waals surface area (Å²) in [4.78, 5) is 0. The molecule has 0 unspecified atom stereocenters. The van der Waals surface area contributed by atoms with Gasteiger partial charge in [0.1, 0.15) is 5.82 Å². The molecule has 2 nitrogen and oxygen atoms in total. The fourth-order valence-corrected chi connectivity index (χ4v) is 1.54. The van der Waals surface area contributed by atoms with Crippen LogP contribution in [0.2, 0.25) is 0 Å². The second-order valence-electron chi connectivity index (χ2n) is 4.20. The van der Waals surface area contributed by atoms with Gasteiger partial charge in [0.15, 0.2) is 0 Å². The Morgan fingerprint density at radius 3 is 2.05 bits per heavy atom. The zero-order chi connectivity index (χ0) is 15.5. The van der Waals surface area contributed by atoms with Crippen LogP contribution < -0.4 is 0 Å². The third kappa shape index (κ3) is 5.47. The first kappa shape index (κ1) is 18.2. The van der Waals surface area contributed by atoms with Gasteiger partial charge in [-0.3, -0.25) is 0 Å². The molecule has 0 aliphatic heterocycles. The van der Waals surface area contributed by atoms with Gasteiger partial charge in [0.2, 0.25) is 0 Å². The summed E-state index contributed by atoms with van der Waals surface area (Å²) in [5, 5.41) is 7.96. The minimum atomic E-state index is -0.265. The van der Waals surface area contributed by atoms with Gasteiger partial charge in [0.25, 0.3) is 0 Å². The van der Waals surface area contributed by atoms with E-state index in [0.29, 0.717) is 11.3 Å². The molecule has 0 fully saturated rings. The molecule has 0 spiro atoms. The Balaban J connectivity index is 0.000000641. The maximum absolute atomic E-state index is 13.5. The Morgan fingerprint density at radius 2 is 1.55 bits per heavy atom. The van der Waals surface area contributed by atoms with Gasteiger partial charge < -0.3 is 0 Å². The number of benzene rings is 1. The van der Waals surface area contributed by atoms with Crippen molar-refractivity contribution in [1.29, 1.82) is 0 Å².